The minimum atomic E-state index is 0. The van der Waals surface area contributed by atoms with E-state index >= 15 is 0 Å². The monoisotopic (exact) mass is 102 g/mol. The lowest BCUT2D eigenvalue weighted by Crippen LogP contribution is -2.33. The third kappa shape index (κ3) is 1.48. The third-order valence-corrected chi connectivity index (χ3v) is 0.416. The minimum absolute atomic E-state index is 0. The summed E-state index contributed by atoms with van der Waals surface area (Å²) in [5.74, 6) is 0. The first kappa shape index (κ1) is 6.06. The average Bonchev–Trinajstić information content (AvgIpc) is 1.76. The third-order valence-electron chi connectivity index (χ3n) is 0.416. The summed E-state index contributed by atoms with van der Waals surface area (Å²) in [4.78, 5) is 0. The Kier molecular flexibility index (Phi) is 3.29. The summed E-state index contributed by atoms with van der Waals surface area (Å²) in [6, 6.07) is 0. The van der Waals surface area contributed by atoms with Crippen LogP contribution in [0, 0.1) is 0 Å². The van der Waals surface area contributed by atoms with Crippen LogP contribution in [0.15, 0.2) is 0 Å². The first-order valence-electron chi connectivity index (χ1n) is 1.46. The van der Waals surface area contributed by atoms with Crippen molar-refractivity contribution >= 4 is 11.0 Å². The van der Waals surface area contributed by atoms with Crippen LogP contribution in [0.25, 0.3) is 0 Å². The summed E-state index contributed by atoms with van der Waals surface area (Å²) in [5.41, 5.74) is 10.7. The smallest absolute Gasteiger partial charge is 0.0748 e. The largest absolute Gasteiger partial charge is 0.228 e. The number of hydrogen-bond donors (Lipinski definition) is 4. The summed E-state index contributed by atoms with van der Waals surface area (Å²) in [5, 5.41) is 0. The standard InChI is InChI=1S/CH6N4.Si/c1-2-4-5-3-1;/h2-5H,1H2;. The Morgan fingerprint density at radius 3 is 1.67 bits per heavy atom. The number of nitrogens with one attached hydrogen (secondary N) is 4. The highest BCUT2D eigenvalue weighted by Crippen LogP contribution is 1.42. The fourth-order valence-electron chi connectivity index (χ4n) is 0.221. The van der Waals surface area contributed by atoms with Gasteiger partial charge in [0, 0.05) is 11.0 Å². The van der Waals surface area contributed by atoms with Gasteiger partial charge in [-0.15, -0.1) is 0 Å². The van der Waals surface area contributed by atoms with Gasteiger partial charge in [-0.3, -0.25) is 0 Å². The highest BCUT2D eigenvalue weighted by molar-refractivity contribution is 5.75. The van der Waals surface area contributed by atoms with Crippen LogP contribution in [0.3, 0.4) is 0 Å². The van der Waals surface area contributed by atoms with Crippen molar-refractivity contribution in [1.82, 2.24) is 21.9 Å². The van der Waals surface area contributed by atoms with E-state index < -0.39 is 0 Å². The molecule has 0 amide bonds. The lowest BCUT2D eigenvalue weighted by molar-refractivity contribution is 0.556. The number of hydrazine groups is 3. The zero-order chi connectivity index (χ0) is 3.54. The first-order chi connectivity index (χ1) is 2.50. The minimum Gasteiger partial charge on any atom is -0.228 e. The maximum atomic E-state index is 2.75. The Labute approximate surface area is 40.6 Å². The van der Waals surface area contributed by atoms with Crippen LogP contribution < -0.4 is 21.9 Å². The zero-order valence-corrected chi connectivity index (χ0v) is 4.21. The van der Waals surface area contributed by atoms with Crippen LogP contribution in [-0.2, 0) is 0 Å². The second kappa shape index (κ2) is 3.25. The summed E-state index contributed by atoms with van der Waals surface area (Å²) in [6.45, 7) is 0.778. The van der Waals surface area contributed by atoms with E-state index in [0.717, 1.165) is 6.67 Å². The van der Waals surface area contributed by atoms with Crippen molar-refractivity contribution in [3.05, 3.63) is 0 Å². The molecule has 1 fully saturated rings. The van der Waals surface area contributed by atoms with E-state index in [0.29, 0.717) is 0 Å². The van der Waals surface area contributed by atoms with Crippen LogP contribution >= 0.6 is 0 Å². The molecule has 6 heavy (non-hydrogen) atoms. The van der Waals surface area contributed by atoms with Gasteiger partial charge in [0.05, 0.1) is 6.67 Å². The fourth-order valence-corrected chi connectivity index (χ4v) is 0.221. The van der Waals surface area contributed by atoms with E-state index in [2.05, 4.69) is 21.9 Å². The molecule has 0 aliphatic carbocycles. The summed E-state index contributed by atoms with van der Waals surface area (Å²) in [7, 11) is 0. The van der Waals surface area contributed by atoms with E-state index in [1.54, 1.807) is 0 Å². The fraction of sp³-hybridized carbons (Fsp3) is 1.00. The van der Waals surface area contributed by atoms with Crippen LogP contribution in [0.5, 0.6) is 0 Å². The highest BCUT2D eigenvalue weighted by Gasteiger charge is 1.86. The average molecular weight is 102 g/mol. The SMILES string of the molecule is C1NNNN1.[Si]. The Balaban J connectivity index is 0.000000250. The molecule has 0 spiro atoms. The molecule has 0 atom stereocenters. The lowest BCUT2D eigenvalue weighted by Gasteiger charge is -1.81. The molecule has 4 radical (unpaired) electrons. The molecule has 0 bridgehead atoms. The summed E-state index contributed by atoms with van der Waals surface area (Å²) >= 11 is 0. The molecule has 4 N–H and O–H groups in total. The van der Waals surface area contributed by atoms with E-state index in [4.69, 9.17) is 0 Å². The molecule has 1 aliphatic rings. The van der Waals surface area contributed by atoms with Crippen LogP contribution in [-0.4, -0.2) is 17.6 Å². The Morgan fingerprint density at radius 2 is 1.50 bits per heavy atom. The molecule has 5 heteroatoms. The number of rotatable bonds is 0. The molecule has 34 valence electrons. The maximum Gasteiger partial charge on any atom is 0.0748 e. The lowest BCUT2D eigenvalue weighted by atomic mass is 11.2. The molecular weight excluding hydrogens is 96.1 g/mol. The van der Waals surface area contributed by atoms with E-state index in [-0.39, 0.29) is 11.0 Å². The normalized spacial score (nSPS) is 20.0. The molecule has 1 heterocycles. The van der Waals surface area contributed by atoms with E-state index in [9.17, 15) is 0 Å². The molecule has 0 aromatic rings. The summed E-state index contributed by atoms with van der Waals surface area (Å²) < 4.78 is 0. The quantitative estimate of drug-likeness (QED) is 0.259. The molecule has 1 aliphatic heterocycles. The molecule has 1 saturated heterocycles. The molecule has 4 nitrogen and oxygen atoms in total. The summed E-state index contributed by atoms with van der Waals surface area (Å²) in [6.07, 6.45) is 0. The van der Waals surface area contributed by atoms with Gasteiger partial charge in [0.1, 0.15) is 0 Å². The topological polar surface area (TPSA) is 48.1 Å². The van der Waals surface area contributed by atoms with Crippen molar-refractivity contribution in [2.24, 2.45) is 0 Å². The second-order valence-corrected chi connectivity index (χ2v) is 0.780. The van der Waals surface area contributed by atoms with Crippen molar-refractivity contribution in [3.63, 3.8) is 0 Å². The van der Waals surface area contributed by atoms with Gasteiger partial charge in [-0.2, -0.15) is 11.1 Å². The Morgan fingerprint density at radius 1 is 1.00 bits per heavy atom. The highest BCUT2D eigenvalue weighted by atomic mass is 28.1. The maximum absolute atomic E-state index is 2.75. The molecule has 0 aromatic heterocycles. The molecule has 1 rings (SSSR count). The van der Waals surface area contributed by atoms with Gasteiger partial charge >= 0.3 is 0 Å². The first-order valence-corrected chi connectivity index (χ1v) is 1.46. The van der Waals surface area contributed by atoms with E-state index in [1.165, 1.54) is 0 Å². The van der Waals surface area contributed by atoms with Gasteiger partial charge in [-0.05, 0) is 0 Å². The zero-order valence-electron chi connectivity index (χ0n) is 3.21. The van der Waals surface area contributed by atoms with Gasteiger partial charge in [-0.1, -0.05) is 0 Å². The predicted octanol–water partition coefficient (Wildman–Crippen LogP) is -2.32. The van der Waals surface area contributed by atoms with Gasteiger partial charge < -0.3 is 0 Å². The van der Waals surface area contributed by atoms with Crippen molar-refractivity contribution in [2.75, 3.05) is 6.67 Å². The molecule has 0 aromatic carbocycles. The van der Waals surface area contributed by atoms with Crippen molar-refractivity contribution in [2.45, 2.75) is 0 Å². The number of hydrogen-bond acceptors (Lipinski definition) is 4. The van der Waals surface area contributed by atoms with E-state index in [1.807, 2.05) is 0 Å². The van der Waals surface area contributed by atoms with Crippen LogP contribution in [0.4, 0.5) is 0 Å². The molecule has 0 unspecified atom stereocenters. The molecule has 0 saturated carbocycles. The second-order valence-electron chi connectivity index (χ2n) is 0.780. The van der Waals surface area contributed by atoms with Crippen LogP contribution in [0.2, 0.25) is 0 Å². The van der Waals surface area contributed by atoms with Gasteiger partial charge in [-0.25, -0.2) is 10.9 Å². The van der Waals surface area contributed by atoms with Gasteiger partial charge in [0.2, 0.25) is 0 Å². The predicted molar refractivity (Wildman–Crippen MR) is 23.2 cm³/mol. The molecular formula is CH6N4Si. The van der Waals surface area contributed by atoms with Gasteiger partial charge in [0.15, 0.2) is 0 Å². The van der Waals surface area contributed by atoms with Gasteiger partial charge in [0.25, 0.3) is 0 Å². The van der Waals surface area contributed by atoms with Crippen molar-refractivity contribution < 1.29 is 0 Å². The van der Waals surface area contributed by atoms with Crippen molar-refractivity contribution in [3.8, 4) is 0 Å². The van der Waals surface area contributed by atoms with Crippen molar-refractivity contribution in [1.29, 1.82) is 0 Å². The Bertz CT molecular complexity index is 19.1. The Hall–Kier alpha value is 0.0569. The van der Waals surface area contributed by atoms with Crippen LogP contribution in [0.1, 0.15) is 0 Å².